The smallest absolute Gasteiger partial charge is 0.292 e. The van der Waals surface area contributed by atoms with E-state index in [9.17, 15) is 14.9 Å². The van der Waals surface area contributed by atoms with Crippen LogP contribution in [0.2, 0.25) is 0 Å². The van der Waals surface area contributed by atoms with Gasteiger partial charge >= 0.3 is 0 Å². The van der Waals surface area contributed by atoms with Crippen molar-refractivity contribution in [3.8, 4) is 11.3 Å². The molecule has 0 fully saturated rings. The molecule has 1 amide bonds. The Morgan fingerprint density at radius 2 is 1.89 bits per heavy atom. The van der Waals surface area contributed by atoms with Crippen molar-refractivity contribution in [2.75, 3.05) is 5.32 Å². The molecule has 0 aliphatic heterocycles. The molecule has 0 aliphatic carbocycles. The molecule has 8 nitrogen and oxygen atoms in total. The highest BCUT2D eigenvalue weighted by Crippen LogP contribution is 2.27. The Kier molecular flexibility index (Phi) is 4.29. The van der Waals surface area contributed by atoms with Crippen molar-refractivity contribution in [2.24, 2.45) is 7.05 Å². The average molecular weight is 373 g/mol. The van der Waals surface area contributed by atoms with Gasteiger partial charge in [-0.25, -0.2) is 4.98 Å². The molecule has 0 spiro atoms. The van der Waals surface area contributed by atoms with Gasteiger partial charge in [0.25, 0.3) is 11.6 Å². The van der Waals surface area contributed by atoms with E-state index >= 15 is 0 Å². The van der Waals surface area contributed by atoms with Gasteiger partial charge in [-0.1, -0.05) is 30.3 Å². The summed E-state index contributed by atoms with van der Waals surface area (Å²) in [5, 5.41) is 18.7. The van der Waals surface area contributed by atoms with Crippen LogP contribution in [0.3, 0.4) is 0 Å². The third kappa shape index (κ3) is 3.18. The van der Waals surface area contributed by atoms with Crippen LogP contribution in [0.4, 0.5) is 11.4 Å². The summed E-state index contributed by atoms with van der Waals surface area (Å²) in [6, 6.07) is 15.0. The lowest BCUT2D eigenvalue weighted by molar-refractivity contribution is -0.383. The number of hydrogen-bond donors (Lipinski definition) is 1. The number of rotatable bonds is 4. The lowest BCUT2D eigenvalue weighted by atomic mass is 10.0. The number of fused-ring (bicyclic) bond motifs is 1. The zero-order valence-electron chi connectivity index (χ0n) is 14.9. The van der Waals surface area contributed by atoms with Gasteiger partial charge in [-0.2, -0.15) is 5.10 Å². The highest BCUT2D eigenvalue weighted by atomic mass is 16.6. The van der Waals surface area contributed by atoms with E-state index in [1.54, 1.807) is 48.4 Å². The van der Waals surface area contributed by atoms with Crippen molar-refractivity contribution in [3.63, 3.8) is 0 Å². The molecule has 2 heterocycles. The molecule has 138 valence electrons. The molecule has 0 unspecified atom stereocenters. The number of nitro benzene ring substituents is 1. The Hall–Kier alpha value is -4.07. The van der Waals surface area contributed by atoms with Crippen LogP contribution in [-0.4, -0.2) is 25.6 Å². The van der Waals surface area contributed by atoms with Crippen molar-refractivity contribution in [3.05, 3.63) is 82.7 Å². The first-order valence-corrected chi connectivity index (χ1v) is 8.46. The molecular formula is C20H15N5O3. The maximum absolute atomic E-state index is 13.0. The predicted molar refractivity (Wildman–Crippen MR) is 105 cm³/mol. The van der Waals surface area contributed by atoms with Crippen molar-refractivity contribution < 1.29 is 9.72 Å². The van der Waals surface area contributed by atoms with Gasteiger partial charge in [0.1, 0.15) is 5.69 Å². The number of nitro groups is 1. The Morgan fingerprint density at radius 3 is 2.64 bits per heavy atom. The number of aryl methyl sites for hydroxylation is 1. The topological polar surface area (TPSA) is 103 Å². The van der Waals surface area contributed by atoms with Crippen LogP contribution < -0.4 is 5.32 Å². The number of aromatic nitrogens is 3. The summed E-state index contributed by atoms with van der Waals surface area (Å²) >= 11 is 0. The summed E-state index contributed by atoms with van der Waals surface area (Å²) in [5.41, 5.74) is 2.37. The number of hydrogen-bond acceptors (Lipinski definition) is 5. The van der Waals surface area contributed by atoms with E-state index in [4.69, 9.17) is 0 Å². The minimum atomic E-state index is -0.526. The van der Waals surface area contributed by atoms with E-state index in [2.05, 4.69) is 15.4 Å². The van der Waals surface area contributed by atoms with Gasteiger partial charge in [0, 0.05) is 30.3 Å². The average Bonchev–Trinajstić information content (AvgIpc) is 3.13. The van der Waals surface area contributed by atoms with Crippen molar-refractivity contribution >= 4 is 28.2 Å². The second-order valence-electron chi connectivity index (χ2n) is 6.20. The number of pyridine rings is 1. The lowest BCUT2D eigenvalue weighted by Gasteiger charge is -2.10. The molecule has 0 radical (unpaired) electrons. The molecule has 0 aliphatic rings. The summed E-state index contributed by atoms with van der Waals surface area (Å²) in [4.78, 5) is 28.3. The number of nitrogens with one attached hydrogen (secondary N) is 1. The van der Waals surface area contributed by atoms with Crippen LogP contribution >= 0.6 is 0 Å². The number of carbonyl (C=O) groups excluding carboxylic acids is 1. The Labute approximate surface area is 159 Å². The third-order valence-corrected chi connectivity index (χ3v) is 4.31. The fraction of sp³-hybridized carbons (Fsp3) is 0.0500. The maximum atomic E-state index is 13.0. The van der Waals surface area contributed by atoms with Crippen LogP contribution in [0, 0.1) is 10.1 Å². The number of anilines is 1. The summed E-state index contributed by atoms with van der Waals surface area (Å²) in [5.74, 6) is -0.446. The molecule has 0 saturated heterocycles. The number of nitrogens with zero attached hydrogens (tertiary/aromatic N) is 4. The fourth-order valence-corrected chi connectivity index (χ4v) is 2.99. The summed E-state index contributed by atoms with van der Waals surface area (Å²) in [7, 11) is 1.80. The second kappa shape index (κ2) is 6.92. The van der Waals surface area contributed by atoms with Gasteiger partial charge in [-0.3, -0.25) is 19.6 Å². The molecule has 0 bridgehead atoms. The largest absolute Gasteiger partial charge is 0.316 e. The van der Waals surface area contributed by atoms with Crippen molar-refractivity contribution in [2.45, 2.75) is 0 Å². The molecule has 1 N–H and O–H groups in total. The van der Waals surface area contributed by atoms with E-state index in [0.717, 1.165) is 5.56 Å². The normalized spacial score (nSPS) is 10.8. The molecule has 4 aromatic rings. The summed E-state index contributed by atoms with van der Waals surface area (Å²) in [6.45, 7) is 0. The minimum Gasteiger partial charge on any atom is -0.316 e. The van der Waals surface area contributed by atoms with Gasteiger partial charge in [-0.15, -0.1) is 0 Å². The highest BCUT2D eigenvalue weighted by Gasteiger charge is 2.19. The van der Waals surface area contributed by atoms with Crippen LogP contribution in [0.1, 0.15) is 10.4 Å². The van der Waals surface area contributed by atoms with E-state index in [-0.39, 0.29) is 11.4 Å². The first kappa shape index (κ1) is 17.3. The quantitative estimate of drug-likeness (QED) is 0.433. The zero-order chi connectivity index (χ0) is 19.7. The summed E-state index contributed by atoms with van der Waals surface area (Å²) < 4.78 is 1.65. The standard InChI is InChI=1S/C20H15N5O3/c1-24-12-13(11-21-24)18-10-15(14-6-2-3-7-16(14)22-18)20(26)23-17-8-4-5-9-19(17)25(27)28/h2-12H,1H3,(H,23,26). The fourth-order valence-electron chi connectivity index (χ4n) is 2.99. The molecule has 4 rings (SSSR count). The van der Waals surface area contributed by atoms with E-state index < -0.39 is 10.8 Å². The van der Waals surface area contributed by atoms with E-state index in [0.29, 0.717) is 22.2 Å². The molecule has 2 aromatic heterocycles. The number of benzene rings is 2. The molecule has 2 aromatic carbocycles. The zero-order valence-corrected chi connectivity index (χ0v) is 14.9. The van der Waals surface area contributed by atoms with Crippen LogP contribution in [0.25, 0.3) is 22.2 Å². The number of amides is 1. The molecule has 0 saturated carbocycles. The second-order valence-corrected chi connectivity index (χ2v) is 6.20. The maximum Gasteiger partial charge on any atom is 0.292 e. The highest BCUT2D eigenvalue weighted by molar-refractivity contribution is 6.13. The van der Waals surface area contributed by atoms with Gasteiger partial charge < -0.3 is 5.32 Å². The van der Waals surface area contributed by atoms with Crippen molar-refractivity contribution in [1.29, 1.82) is 0 Å². The first-order valence-electron chi connectivity index (χ1n) is 8.46. The predicted octanol–water partition coefficient (Wildman–Crippen LogP) is 3.80. The first-order chi connectivity index (χ1) is 13.5. The minimum absolute atomic E-state index is 0.140. The van der Waals surface area contributed by atoms with Gasteiger partial charge in [0.05, 0.1) is 27.9 Å². The van der Waals surface area contributed by atoms with Crippen LogP contribution in [0.5, 0.6) is 0 Å². The third-order valence-electron chi connectivity index (χ3n) is 4.31. The monoisotopic (exact) mass is 373 g/mol. The van der Waals surface area contributed by atoms with E-state index in [1.165, 1.54) is 12.1 Å². The molecule has 28 heavy (non-hydrogen) atoms. The Bertz CT molecular complexity index is 1220. The van der Waals surface area contributed by atoms with Crippen LogP contribution in [-0.2, 0) is 7.05 Å². The van der Waals surface area contributed by atoms with E-state index in [1.807, 2.05) is 18.2 Å². The van der Waals surface area contributed by atoms with Crippen LogP contribution in [0.15, 0.2) is 67.0 Å². The molecule has 8 heteroatoms. The molecular weight excluding hydrogens is 358 g/mol. The van der Waals surface area contributed by atoms with Gasteiger partial charge in [0.2, 0.25) is 0 Å². The Balaban J connectivity index is 1.81. The summed E-state index contributed by atoms with van der Waals surface area (Å²) in [6.07, 6.45) is 3.47. The van der Waals surface area contributed by atoms with Crippen molar-refractivity contribution in [1.82, 2.24) is 14.8 Å². The van der Waals surface area contributed by atoms with Gasteiger partial charge in [-0.05, 0) is 18.2 Å². The number of para-hydroxylation sites is 3. The Morgan fingerprint density at radius 1 is 1.14 bits per heavy atom. The lowest BCUT2D eigenvalue weighted by Crippen LogP contribution is -2.14. The van der Waals surface area contributed by atoms with Gasteiger partial charge in [0.15, 0.2) is 0 Å². The number of carbonyl (C=O) groups is 1. The molecule has 0 atom stereocenters. The SMILES string of the molecule is Cn1cc(-c2cc(C(=O)Nc3ccccc3[N+](=O)[O-])c3ccccc3n2)cn1.